The summed E-state index contributed by atoms with van der Waals surface area (Å²) in [4.78, 5) is 0. The van der Waals surface area contributed by atoms with E-state index in [1.54, 1.807) is 12.1 Å². The van der Waals surface area contributed by atoms with Crippen LogP contribution in [0.4, 0.5) is 4.39 Å². The SMILES string of the molecule is CCCOc1ccc(C#C/C=C/[C@H]2CC[C@H](CC)CC2)c(F)c1. The van der Waals surface area contributed by atoms with E-state index in [1.807, 2.05) is 13.0 Å². The quantitative estimate of drug-likeness (QED) is 0.630. The van der Waals surface area contributed by atoms with Crippen LogP contribution in [0.15, 0.2) is 30.4 Å². The third kappa shape index (κ3) is 5.75. The van der Waals surface area contributed by atoms with Crippen LogP contribution in [0.2, 0.25) is 0 Å². The summed E-state index contributed by atoms with van der Waals surface area (Å²) in [6.45, 7) is 4.91. The van der Waals surface area contributed by atoms with Crippen LogP contribution in [-0.4, -0.2) is 6.61 Å². The molecule has 0 spiro atoms. The number of allylic oxidation sites excluding steroid dienone is 2. The number of halogens is 1. The molecule has 1 aromatic rings. The molecule has 1 aliphatic rings. The summed E-state index contributed by atoms with van der Waals surface area (Å²) in [6, 6.07) is 4.88. The van der Waals surface area contributed by atoms with Crippen molar-refractivity contribution in [3.05, 3.63) is 41.7 Å². The minimum atomic E-state index is -0.317. The van der Waals surface area contributed by atoms with Gasteiger partial charge in [-0.15, -0.1) is 0 Å². The first-order valence-electron chi connectivity index (χ1n) is 8.83. The highest BCUT2D eigenvalue weighted by atomic mass is 19.1. The molecule has 0 radical (unpaired) electrons. The molecule has 0 bridgehead atoms. The third-order valence-corrected chi connectivity index (χ3v) is 4.54. The Labute approximate surface area is 139 Å². The Morgan fingerprint density at radius 2 is 2.00 bits per heavy atom. The van der Waals surface area contributed by atoms with E-state index in [0.29, 0.717) is 23.8 Å². The normalized spacial score (nSPS) is 21.0. The highest BCUT2D eigenvalue weighted by Crippen LogP contribution is 2.31. The van der Waals surface area contributed by atoms with Gasteiger partial charge in [-0.2, -0.15) is 0 Å². The summed E-state index contributed by atoms with van der Waals surface area (Å²) < 4.78 is 19.3. The molecule has 1 fully saturated rings. The van der Waals surface area contributed by atoms with Gasteiger partial charge in [0.15, 0.2) is 0 Å². The van der Waals surface area contributed by atoms with E-state index in [0.717, 1.165) is 12.3 Å². The minimum absolute atomic E-state index is 0.317. The zero-order valence-electron chi connectivity index (χ0n) is 14.3. The average molecular weight is 314 g/mol. The Kier molecular flexibility index (Phi) is 7.20. The molecule has 0 N–H and O–H groups in total. The highest BCUT2D eigenvalue weighted by molar-refractivity contribution is 5.41. The van der Waals surface area contributed by atoms with Crippen molar-refractivity contribution in [2.45, 2.75) is 52.4 Å². The van der Waals surface area contributed by atoms with E-state index in [-0.39, 0.29) is 5.82 Å². The fourth-order valence-corrected chi connectivity index (χ4v) is 3.00. The van der Waals surface area contributed by atoms with Crippen LogP contribution in [0.5, 0.6) is 5.75 Å². The fourth-order valence-electron chi connectivity index (χ4n) is 3.00. The van der Waals surface area contributed by atoms with Gasteiger partial charge in [0, 0.05) is 6.07 Å². The summed E-state index contributed by atoms with van der Waals surface area (Å²) in [6.07, 6.45) is 11.5. The lowest BCUT2D eigenvalue weighted by atomic mass is 9.81. The predicted octanol–water partition coefficient (Wildman–Crippen LogP) is 5.74. The smallest absolute Gasteiger partial charge is 0.142 e. The van der Waals surface area contributed by atoms with Gasteiger partial charge in [0.2, 0.25) is 0 Å². The Hall–Kier alpha value is -1.75. The number of hydrogen-bond acceptors (Lipinski definition) is 1. The molecule has 124 valence electrons. The molecule has 0 saturated heterocycles. The summed E-state index contributed by atoms with van der Waals surface area (Å²) in [5.74, 6) is 7.66. The second kappa shape index (κ2) is 9.40. The molecule has 0 heterocycles. The number of benzene rings is 1. The highest BCUT2D eigenvalue weighted by Gasteiger charge is 2.17. The molecule has 0 atom stereocenters. The summed E-state index contributed by atoms with van der Waals surface area (Å²) in [5, 5.41) is 0. The molecule has 23 heavy (non-hydrogen) atoms. The zero-order chi connectivity index (χ0) is 16.5. The van der Waals surface area contributed by atoms with E-state index < -0.39 is 0 Å². The lowest BCUT2D eigenvalue weighted by molar-refractivity contribution is 0.304. The molecule has 1 aromatic carbocycles. The van der Waals surface area contributed by atoms with Crippen LogP contribution < -0.4 is 4.74 Å². The predicted molar refractivity (Wildman–Crippen MR) is 93.9 cm³/mol. The number of ether oxygens (including phenoxy) is 1. The van der Waals surface area contributed by atoms with Gasteiger partial charge in [0.05, 0.1) is 12.2 Å². The summed E-state index contributed by atoms with van der Waals surface area (Å²) in [5.41, 5.74) is 0.424. The molecule has 0 aromatic heterocycles. The molecule has 0 aliphatic heterocycles. The average Bonchev–Trinajstić information content (AvgIpc) is 2.58. The van der Waals surface area contributed by atoms with Gasteiger partial charge in [-0.25, -0.2) is 4.39 Å². The van der Waals surface area contributed by atoms with Crippen molar-refractivity contribution < 1.29 is 9.13 Å². The molecule has 0 amide bonds. The Bertz CT molecular complexity index is 571. The Morgan fingerprint density at radius 3 is 2.65 bits per heavy atom. The maximum Gasteiger partial charge on any atom is 0.142 e. The van der Waals surface area contributed by atoms with Crippen LogP contribution in [0.1, 0.15) is 57.9 Å². The summed E-state index contributed by atoms with van der Waals surface area (Å²) >= 11 is 0. The first kappa shape index (κ1) is 17.6. The summed E-state index contributed by atoms with van der Waals surface area (Å²) in [7, 11) is 0. The van der Waals surface area contributed by atoms with Gasteiger partial charge in [0.1, 0.15) is 11.6 Å². The van der Waals surface area contributed by atoms with E-state index >= 15 is 0 Å². The van der Waals surface area contributed by atoms with Gasteiger partial charge >= 0.3 is 0 Å². The van der Waals surface area contributed by atoms with Crippen molar-refractivity contribution in [2.75, 3.05) is 6.61 Å². The van der Waals surface area contributed by atoms with Crippen molar-refractivity contribution >= 4 is 0 Å². The minimum Gasteiger partial charge on any atom is -0.494 e. The first-order valence-corrected chi connectivity index (χ1v) is 8.83. The molecular formula is C21H27FO. The molecule has 1 saturated carbocycles. The number of rotatable bonds is 5. The number of hydrogen-bond donors (Lipinski definition) is 0. The van der Waals surface area contributed by atoms with Crippen molar-refractivity contribution in [3.8, 4) is 17.6 Å². The Morgan fingerprint density at radius 1 is 1.22 bits per heavy atom. The first-order chi connectivity index (χ1) is 11.2. The van der Waals surface area contributed by atoms with Gasteiger partial charge in [-0.05, 0) is 62.1 Å². The molecule has 1 aliphatic carbocycles. The van der Waals surface area contributed by atoms with Crippen LogP contribution in [0, 0.1) is 29.5 Å². The maximum absolute atomic E-state index is 13.9. The molecule has 1 nitrogen and oxygen atoms in total. The maximum atomic E-state index is 13.9. The Balaban J connectivity index is 1.88. The van der Waals surface area contributed by atoms with Gasteiger partial charge in [0.25, 0.3) is 0 Å². The van der Waals surface area contributed by atoms with E-state index in [9.17, 15) is 4.39 Å². The van der Waals surface area contributed by atoms with Crippen LogP contribution in [-0.2, 0) is 0 Å². The zero-order valence-corrected chi connectivity index (χ0v) is 14.3. The van der Waals surface area contributed by atoms with Crippen LogP contribution in [0.25, 0.3) is 0 Å². The van der Waals surface area contributed by atoms with Gasteiger partial charge in [-0.3, -0.25) is 0 Å². The largest absolute Gasteiger partial charge is 0.494 e. The van der Waals surface area contributed by atoms with Crippen LogP contribution >= 0.6 is 0 Å². The monoisotopic (exact) mass is 314 g/mol. The van der Waals surface area contributed by atoms with E-state index in [2.05, 4.69) is 24.8 Å². The third-order valence-electron chi connectivity index (χ3n) is 4.54. The van der Waals surface area contributed by atoms with Gasteiger partial charge in [-0.1, -0.05) is 38.2 Å². The molecule has 2 heteroatoms. The lowest BCUT2D eigenvalue weighted by Crippen LogP contribution is -2.11. The molecular weight excluding hydrogens is 287 g/mol. The van der Waals surface area contributed by atoms with Crippen LogP contribution in [0.3, 0.4) is 0 Å². The fraction of sp³-hybridized carbons (Fsp3) is 0.524. The van der Waals surface area contributed by atoms with Crippen molar-refractivity contribution in [1.29, 1.82) is 0 Å². The van der Waals surface area contributed by atoms with Crippen molar-refractivity contribution in [2.24, 2.45) is 11.8 Å². The standard InChI is InChI=1S/C21H27FO/c1-3-15-23-20-14-13-19(21(22)16-20)8-6-5-7-18-11-9-17(4-2)10-12-18/h5,7,13-14,16-18H,3-4,9-12,15H2,1-2H3/b7-5+/t17-,18-. The lowest BCUT2D eigenvalue weighted by Gasteiger charge is -2.25. The molecule has 0 unspecified atom stereocenters. The topological polar surface area (TPSA) is 9.23 Å². The van der Waals surface area contributed by atoms with Crippen molar-refractivity contribution in [1.82, 2.24) is 0 Å². The van der Waals surface area contributed by atoms with E-state index in [4.69, 9.17) is 4.74 Å². The van der Waals surface area contributed by atoms with E-state index in [1.165, 1.54) is 38.2 Å². The second-order valence-electron chi connectivity index (χ2n) is 6.31. The van der Waals surface area contributed by atoms with Gasteiger partial charge < -0.3 is 4.74 Å². The van der Waals surface area contributed by atoms with Crippen molar-refractivity contribution in [3.63, 3.8) is 0 Å². The molecule has 2 rings (SSSR count). The second-order valence-corrected chi connectivity index (χ2v) is 6.31.